The molecular formula is C24H18ClNO5S. The van der Waals surface area contributed by atoms with Crippen molar-refractivity contribution in [1.29, 1.82) is 0 Å². The van der Waals surface area contributed by atoms with Crippen molar-refractivity contribution in [2.45, 2.75) is 13.5 Å². The third kappa shape index (κ3) is 4.79. The number of rotatable bonds is 6. The molecule has 0 bridgehead atoms. The highest BCUT2D eigenvalue weighted by molar-refractivity contribution is 8.18. The van der Waals surface area contributed by atoms with Crippen molar-refractivity contribution in [3.63, 3.8) is 0 Å². The van der Waals surface area contributed by atoms with Gasteiger partial charge in [-0.1, -0.05) is 35.9 Å². The second kappa shape index (κ2) is 9.46. The summed E-state index contributed by atoms with van der Waals surface area (Å²) in [5, 5.41) is 0.254. The average Bonchev–Trinajstić information content (AvgIpc) is 3.36. The van der Waals surface area contributed by atoms with Crippen LogP contribution in [0.25, 0.3) is 17.4 Å². The van der Waals surface area contributed by atoms with Crippen molar-refractivity contribution in [3.05, 3.63) is 87.5 Å². The van der Waals surface area contributed by atoms with Gasteiger partial charge < -0.3 is 9.15 Å². The molecule has 2 aromatic carbocycles. The van der Waals surface area contributed by atoms with Crippen LogP contribution < -0.4 is 0 Å². The smallest absolute Gasteiger partial charge is 0.338 e. The van der Waals surface area contributed by atoms with Crippen LogP contribution in [-0.2, 0) is 16.1 Å². The van der Waals surface area contributed by atoms with Gasteiger partial charge in [0.15, 0.2) is 0 Å². The van der Waals surface area contributed by atoms with Crippen molar-refractivity contribution in [3.8, 4) is 11.3 Å². The van der Waals surface area contributed by atoms with Gasteiger partial charge in [-0.05, 0) is 60.6 Å². The maximum Gasteiger partial charge on any atom is 0.338 e. The predicted molar refractivity (Wildman–Crippen MR) is 123 cm³/mol. The van der Waals surface area contributed by atoms with Crippen LogP contribution >= 0.6 is 23.4 Å². The summed E-state index contributed by atoms with van der Waals surface area (Å²) in [5.74, 6) is 0.277. The Morgan fingerprint density at radius 1 is 1.06 bits per heavy atom. The highest BCUT2D eigenvalue weighted by atomic mass is 35.5. The Morgan fingerprint density at radius 3 is 2.47 bits per heavy atom. The Kier molecular flexibility index (Phi) is 6.48. The zero-order chi connectivity index (χ0) is 22.7. The fourth-order valence-electron chi connectivity index (χ4n) is 3.11. The number of halogens is 1. The summed E-state index contributed by atoms with van der Waals surface area (Å²) in [6.45, 7) is 2.24. The molecule has 6 nitrogen and oxygen atoms in total. The first-order valence-corrected chi connectivity index (χ1v) is 11.0. The molecule has 0 spiro atoms. The van der Waals surface area contributed by atoms with E-state index >= 15 is 0 Å². The summed E-state index contributed by atoms with van der Waals surface area (Å²) >= 11 is 6.76. The second-order valence-electron chi connectivity index (χ2n) is 6.89. The Labute approximate surface area is 193 Å². The maximum atomic E-state index is 12.7. The quantitative estimate of drug-likeness (QED) is 0.326. The van der Waals surface area contributed by atoms with E-state index in [0.29, 0.717) is 33.6 Å². The molecule has 162 valence electrons. The number of carbonyl (C=O) groups excluding carboxylic acids is 3. The molecule has 32 heavy (non-hydrogen) atoms. The van der Waals surface area contributed by atoms with E-state index in [1.54, 1.807) is 73.7 Å². The first-order valence-electron chi connectivity index (χ1n) is 9.82. The molecule has 0 N–H and O–H groups in total. The Morgan fingerprint density at radius 2 is 1.78 bits per heavy atom. The van der Waals surface area contributed by atoms with Crippen LogP contribution in [-0.4, -0.2) is 28.6 Å². The zero-order valence-corrected chi connectivity index (χ0v) is 18.6. The fourth-order valence-corrected chi connectivity index (χ4v) is 4.05. The maximum absolute atomic E-state index is 12.7. The fraction of sp³-hybridized carbons (Fsp3) is 0.125. The molecule has 2 amide bonds. The molecule has 8 heteroatoms. The Balaban J connectivity index is 1.48. The van der Waals surface area contributed by atoms with Crippen LogP contribution in [0, 0.1) is 0 Å². The normalized spacial score (nSPS) is 14.9. The van der Waals surface area contributed by atoms with Crippen LogP contribution in [0.1, 0.15) is 28.6 Å². The topological polar surface area (TPSA) is 76.8 Å². The molecule has 0 radical (unpaired) electrons. The van der Waals surface area contributed by atoms with Crippen molar-refractivity contribution >= 4 is 46.6 Å². The minimum Gasteiger partial charge on any atom is -0.462 e. The molecule has 1 aliphatic rings. The lowest BCUT2D eigenvalue weighted by molar-refractivity contribution is -0.123. The molecular weight excluding hydrogens is 450 g/mol. The summed E-state index contributed by atoms with van der Waals surface area (Å²) in [7, 11) is 0. The standard InChI is InChI=1S/C24H18ClNO5S/c1-2-30-23(28)17-7-5-16(6-8-17)20-12-11-19(31-20)13-21-22(27)26(24(29)32-21)14-15-3-9-18(25)10-4-15/h3-13H,2,14H2,1H3/b21-13-. The Hall–Kier alpha value is -3.29. The number of hydrogen-bond acceptors (Lipinski definition) is 6. The van der Waals surface area contributed by atoms with Crippen molar-refractivity contribution in [2.75, 3.05) is 6.61 Å². The number of ether oxygens (including phenoxy) is 1. The molecule has 4 rings (SSSR count). The Bertz CT molecular complexity index is 1200. The lowest BCUT2D eigenvalue weighted by Crippen LogP contribution is -2.27. The minimum absolute atomic E-state index is 0.176. The van der Waals surface area contributed by atoms with E-state index in [2.05, 4.69) is 0 Å². The highest BCUT2D eigenvalue weighted by Crippen LogP contribution is 2.34. The lowest BCUT2D eigenvalue weighted by Gasteiger charge is -2.12. The van der Waals surface area contributed by atoms with Crippen LogP contribution in [0.3, 0.4) is 0 Å². The first-order chi connectivity index (χ1) is 15.4. The summed E-state index contributed by atoms with van der Waals surface area (Å²) in [5.41, 5.74) is 2.04. The molecule has 0 atom stereocenters. The number of hydrogen-bond donors (Lipinski definition) is 0. The molecule has 1 aliphatic heterocycles. The summed E-state index contributed by atoms with van der Waals surface area (Å²) in [6, 6.07) is 17.3. The van der Waals surface area contributed by atoms with Gasteiger partial charge in [-0.3, -0.25) is 14.5 Å². The van der Waals surface area contributed by atoms with E-state index in [1.807, 2.05) is 0 Å². The third-order valence-electron chi connectivity index (χ3n) is 4.71. The number of furan rings is 1. The SMILES string of the molecule is CCOC(=O)c1ccc(-c2ccc(/C=C3\SC(=O)N(Cc4ccc(Cl)cc4)C3=O)o2)cc1. The number of nitrogens with zero attached hydrogens (tertiary/aromatic N) is 1. The summed E-state index contributed by atoms with van der Waals surface area (Å²) in [6.07, 6.45) is 1.56. The largest absolute Gasteiger partial charge is 0.462 e. The lowest BCUT2D eigenvalue weighted by atomic mass is 10.1. The van der Waals surface area contributed by atoms with Crippen LogP contribution in [0.2, 0.25) is 5.02 Å². The highest BCUT2D eigenvalue weighted by Gasteiger charge is 2.35. The number of amides is 2. The molecule has 0 saturated carbocycles. The van der Waals surface area contributed by atoms with Gasteiger partial charge in [-0.15, -0.1) is 0 Å². The van der Waals surface area contributed by atoms with Crippen molar-refractivity contribution in [2.24, 2.45) is 0 Å². The third-order valence-corrected chi connectivity index (χ3v) is 5.87. The van der Waals surface area contributed by atoms with Gasteiger partial charge in [0.1, 0.15) is 11.5 Å². The van der Waals surface area contributed by atoms with Gasteiger partial charge in [0.2, 0.25) is 0 Å². The van der Waals surface area contributed by atoms with E-state index in [9.17, 15) is 14.4 Å². The molecule has 1 aromatic heterocycles. The average molecular weight is 468 g/mol. The van der Waals surface area contributed by atoms with Gasteiger partial charge in [0, 0.05) is 16.7 Å². The van der Waals surface area contributed by atoms with E-state index in [1.165, 1.54) is 4.90 Å². The van der Waals surface area contributed by atoms with E-state index in [-0.39, 0.29) is 23.7 Å². The minimum atomic E-state index is -0.381. The molecule has 1 saturated heterocycles. The van der Waals surface area contributed by atoms with Crippen LogP contribution in [0.5, 0.6) is 0 Å². The second-order valence-corrected chi connectivity index (χ2v) is 8.32. The van der Waals surface area contributed by atoms with Crippen LogP contribution in [0.15, 0.2) is 70.0 Å². The number of thioether (sulfide) groups is 1. The molecule has 2 heterocycles. The van der Waals surface area contributed by atoms with Gasteiger partial charge in [0.05, 0.1) is 23.6 Å². The molecule has 0 aliphatic carbocycles. The molecule has 3 aromatic rings. The van der Waals surface area contributed by atoms with Gasteiger partial charge in [0.25, 0.3) is 11.1 Å². The number of carbonyl (C=O) groups is 3. The van der Waals surface area contributed by atoms with Crippen molar-refractivity contribution in [1.82, 2.24) is 4.90 Å². The van der Waals surface area contributed by atoms with Crippen LogP contribution in [0.4, 0.5) is 4.79 Å². The van der Waals surface area contributed by atoms with Gasteiger partial charge >= 0.3 is 5.97 Å². The monoisotopic (exact) mass is 467 g/mol. The van der Waals surface area contributed by atoms with Gasteiger partial charge in [-0.2, -0.15) is 0 Å². The predicted octanol–water partition coefficient (Wildman–Crippen LogP) is 6.01. The first kappa shape index (κ1) is 21.9. The van der Waals surface area contributed by atoms with E-state index in [0.717, 1.165) is 22.9 Å². The summed E-state index contributed by atoms with van der Waals surface area (Å²) < 4.78 is 10.8. The molecule has 0 unspecified atom stereocenters. The summed E-state index contributed by atoms with van der Waals surface area (Å²) in [4.78, 5) is 38.3. The number of benzene rings is 2. The molecule has 1 fully saturated rings. The zero-order valence-electron chi connectivity index (χ0n) is 17.0. The van der Waals surface area contributed by atoms with E-state index in [4.69, 9.17) is 20.8 Å². The van der Waals surface area contributed by atoms with E-state index < -0.39 is 0 Å². The number of esters is 1. The number of imide groups is 1. The van der Waals surface area contributed by atoms with Crippen molar-refractivity contribution < 1.29 is 23.5 Å². The van der Waals surface area contributed by atoms with Gasteiger partial charge in [-0.25, -0.2) is 4.79 Å².